The van der Waals surface area contributed by atoms with Crippen LogP contribution in [-0.4, -0.2) is 22.9 Å². The molecule has 2 N–H and O–H groups in total. The van der Waals surface area contributed by atoms with Crippen molar-refractivity contribution in [3.63, 3.8) is 0 Å². The lowest BCUT2D eigenvalue weighted by Crippen LogP contribution is -2.36. The standard InChI is InChI=1S/C17H20N2O4S2/c1-11-4-5-12(2)17(8-11)25(22,23)19-13(3)9-14-10-15(24(18,20)21)6-7-16(14)19/h4-8,10,13H,9H2,1-3H3,(H2,18,20,21). The molecule has 8 heteroatoms. The van der Waals surface area contributed by atoms with Gasteiger partial charge in [0.25, 0.3) is 10.0 Å². The number of rotatable bonds is 3. The second-order valence-electron chi connectivity index (χ2n) is 6.46. The summed E-state index contributed by atoms with van der Waals surface area (Å²) in [6, 6.07) is 9.32. The van der Waals surface area contributed by atoms with Gasteiger partial charge in [-0.3, -0.25) is 4.31 Å². The van der Waals surface area contributed by atoms with Gasteiger partial charge in [0.15, 0.2) is 0 Å². The molecule has 0 radical (unpaired) electrons. The van der Waals surface area contributed by atoms with E-state index in [4.69, 9.17) is 5.14 Å². The van der Waals surface area contributed by atoms with E-state index in [0.717, 1.165) is 5.56 Å². The lowest BCUT2D eigenvalue weighted by atomic mass is 10.1. The van der Waals surface area contributed by atoms with Crippen LogP contribution in [0.5, 0.6) is 0 Å². The molecule has 25 heavy (non-hydrogen) atoms. The van der Waals surface area contributed by atoms with Crippen LogP contribution in [0.2, 0.25) is 0 Å². The maximum absolute atomic E-state index is 13.2. The van der Waals surface area contributed by atoms with Crippen LogP contribution in [0.1, 0.15) is 23.6 Å². The van der Waals surface area contributed by atoms with Crippen molar-refractivity contribution in [2.24, 2.45) is 5.14 Å². The first kappa shape index (κ1) is 17.9. The largest absolute Gasteiger partial charge is 0.264 e. The zero-order chi connectivity index (χ0) is 18.6. The molecule has 1 aliphatic heterocycles. The molecular formula is C17H20N2O4S2. The van der Waals surface area contributed by atoms with Crippen molar-refractivity contribution in [1.29, 1.82) is 0 Å². The molecule has 0 spiro atoms. The summed E-state index contributed by atoms with van der Waals surface area (Å²) >= 11 is 0. The number of fused-ring (bicyclic) bond motifs is 1. The summed E-state index contributed by atoms with van der Waals surface area (Å²) in [6.07, 6.45) is 0.433. The van der Waals surface area contributed by atoms with Gasteiger partial charge in [0.2, 0.25) is 10.0 Å². The van der Waals surface area contributed by atoms with Crippen LogP contribution < -0.4 is 9.44 Å². The minimum absolute atomic E-state index is 0.00978. The quantitative estimate of drug-likeness (QED) is 0.881. The summed E-state index contributed by atoms with van der Waals surface area (Å²) < 4.78 is 50.9. The molecule has 0 saturated heterocycles. The zero-order valence-corrected chi connectivity index (χ0v) is 15.9. The van der Waals surface area contributed by atoms with E-state index in [2.05, 4.69) is 0 Å². The first-order valence-corrected chi connectivity index (χ1v) is 10.8. The molecule has 0 aromatic heterocycles. The highest BCUT2D eigenvalue weighted by Crippen LogP contribution is 2.38. The van der Waals surface area contributed by atoms with E-state index in [1.54, 1.807) is 26.0 Å². The molecule has 1 unspecified atom stereocenters. The van der Waals surface area contributed by atoms with Gasteiger partial charge < -0.3 is 0 Å². The predicted octanol–water partition coefficient (Wildman–Crippen LogP) is 2.09. The summed E-state index contributed by atoms with van der Waals surface area (Å²) in [6.45, 7) is 5.41. The Morgan fingerprint density at radius 1 is 1.04 bits per heavy atom. The van der Waals surface area contributed by atoms with Gasteiger partial charge in [-0.25, -0.2) is 22.0 Å². The highest BCUT2D eigenvalue weighted by atomic mass is 32.2. The lowest BCUT2D eigenvalue weighted by molar-refractivity contribution is 0.583. The Morgan fingerprint density at radius 3 is 2.36 bits per heavy atom. The molecule has 134 valence electrons. The third-order valence-corrected chi connectivity index (χ3v) is 7.39. The van der Waals surface area contributed by atoms with Crippen molar-refractivity contribution < 1.29 is 16.8 Å². The van der Waals surface area contributed by atoms with E-state index in [0.29, 0.717) is 23.2 Å². The Labute approximate surface area is 148 Å². The molecule has 1 aliphatic rings. The van der Waals surface area contributed by atoms with E-state index in [1.807, 2.05) is 13.0 Å². The highest BCUT2D eigenvalue weighted by Gasteiger charge is 2.37. The monoisotopic (exact) mass is 380 g/mol. The normalized spacial score (nSPS) is 17.6. The smallest absolute Gasteiger partial charge is 0.263 e. The van der Waals surface area contributed by atoms with Gasteiger partial charge in [0.1, 0.15) is 0 Å². The number of nitrogens with two attached hydrogens (primary N) is 1. The van der Waals surface area contributed by atoms with E-state index in [1.165, 1.54) is 22.5 Å². The fraction of sp³-hybridized carbons (Fsp3) is 0.294. The molecule has 0 saturated carbocycles. The molecule has 0 fully saturated rings. The zero-order valence-electron chi connectivity index (χ0n) is 14.2. The molecule has 1 atom stereocenters. The van der Waals surface area contributed by atoms with Crippen LogP contribution in [0.3, 0.4) is 0 Å². The van der Waals surface area contributed by atoms with Gasteiger partial charge in [-0.15, -0.1) is 0 Å². The van der Waals surface area contributed by atoms with E-state index < -0.39 is 20.0 Å². The Balaban J connectivity index is 2.15. The third kappa shape index (κ3) is 3.05. The molecule has 2 aromatic rings. The summed E-state index contributed by atoms with van der Waals surface area (Å²) in [5, 5.41) is 5.17. The Hall–Kier alpha value is -1.90. The fourth-order valence-electron chi connectivity index (χ4n) is 3.21. The first-order chi connectivity index (χ1) is 11.5. The Kier molecular flexibility index (Phi) is 4.17. The highest BCUT2D eigenvalue weighted by molar-refractivity contribution is 7.93. The van der Waals surface area contributed by atoms with E-state index in [9.17, 15) is 16.8 Å². The summed E-state index contributed by atoms with van der Waals surface area (Å²) in [7, 11) is -7.58. The van der Waals surface area contributed by atoms with Crippen LogP contribution in [0, 0.1) is 13.8 Å². The summed E-state index contributed by atoms with van der Waals surface area (Å²) in [5.41, 5.74) is 2.70. The van der Waals surface area contributed by atoms with Gasteiger partial charge in [-0.1, -0.05) is 12.1 Å². The Morgan fingerprint density at radius 2 is 1.72 bits per heavy atom. The Bertz CT molecular complexity index is 1060. The number of primary sulfonamides is 1. The van der Waals surface area contributed by atoms with Crippen LogP contribution in [0.15, 0.2) is 46.2 Å². The molecule has 6 nitrogen and oxygen atoms in total. The van der Waals surface area contributed by atoms with E-state index >= 15 is 0 Å². The number of aryl methyl sites for hydroxylation is 2. The van der Waals surface area contributed by atoms with Crippen molar-refractivity contribution in [3.05, 3.63) is 53.1 Å². The van der Waals surface area contributed by atoms with Crippen molar-refractivity contribution in [2.45, 2.75) is 43.0 Å². The first-order valence-electron chi connectivity index (χ1n) is 7.79. The maximum Gasteiger partial charge on any atom is 0.264 e. The SMILES string of the molecule is Cc1ccc(C)c(S(=O)(=O)N2c3ccc(S(N)(=O)=O)cc3CC2C)c1. The predicted molar refractivity (Wildman–Crippen MR) is 96.6 cm³/mol. The fourth-order valence-corrected chi connectivity index (χ4v) is 5.78. The lowest BCUT2D eigenvalue weighted by Gasteiger charge is -2.25. The average Bonchev–Trinajstić information content (AvgIpc) is 2.84. The van der Waals surface area contributed by atoms with Crippen molar-refractivity contribution in [3.8, 4) is 0 Å². The minimum Gasteiger partial charge on any atom is -0.263 e. The van der Waals surface area contributed by atoms with Gasteiger partial charge in [-0.2, -0.15) is 0 Å². The molecule has 3 rings (SSSR count). The molecule has 0 bridgehead atoms. The molecular weight excluding hydrogens is 360 g/mol. The minimum atomic E-state index is -3.83. The average molecular weight is 380 g/mol. The summed E-state index contributed by atoms with van der Waals surface area (Å²) in [4.78, 5) is 0.257. The van der Waals surface area contributed by atoms with Gasteiger partial charge in [0.05, 0.1) is 15.5 Å². The number of sulfonamides is 2. The van der Waals surface area contributed by atoms with Crippen LogP contribution >= 0.6 is 0 Å². The second-order valence-corrected chi connectivity index (χ2v) is 9.80. The molecule has 1 heterocycles. The van der Waals surface area contributed by atoms with Crippen LogP contribution in [-0.2, 0) is 26.5 Å². The van der Waals surface area contributed by atoms with Crippen molar-refractivity contribution in [2.75, 3.05) is 4.31 Å². The number of nitrogens with zero attached hydrogens (tertiary/aromatic N) is 1. The van der Waals surface area contributed by atoms with E-state index in [-0.39, 0.29) is 15.8 Å². The van der Waals surface area contributed by atoms with Gasteiger partial charge in [-0.05, 0) is 68.1 Å². The molecule has 2 aromatic carbocycles. The van der Waals surface area contributed by atoms with Crippen LogP contribution in [0.4, 0.5) is 5.69 Å². The second kappa shape index (κ2) is 5.82. The van der Waals surface area contributed by atoms with Crippen LogP contribution in [0.25, 0.3) is 0 Å². The van der Waals surface area contributed by atoms with Crippen molar-refractivity contribution >= 4 is 25.7 Å². The van der Waals surface area contributed by atoms with Gasteiger partial charge >= 0.3 is 0 Å². The number of anilines is 1. The third-order valence-electron chi connectivity index (χ3n) is 4.41. The molecule has 0 amide bonds. The topological polar surface area (TPSA) is 97.5 Å². The maximum atomic E-state index is 13.2. The summed E-state index contributed by atoms with van der Waals surface area (Å²) in [5.74, 6) is 0. The van der Waals surface area contributed by atoms with Gasteiger partial charge in [0, 0.05) is 6.04 Å². The number of hydrogen-bond donors (Lipinski definition) is 1. The number of benzene rings is 2. The molecule has 0 aliphatic carbocycles. The number of hydrogen-bond acceptors (Lipinski definition) is 4. The van der Waals surface area contributed by atoms with Crippen molar-refractivity contribution in [1.82, 2.24) is 0 Å².